The van der Waals surface area contributed by atoms with Crippen molar-refractivity contribution < 1.29 is 22.7 Å². The number of anilines is 1. The van der Waals surface area contributed by atoms with Crippen molar-refractivity contribution >= 4 is 27.8 Å². The monoisotopic (exact) mass is 397 g/mol. The lowest BCUT2D eigenvalue weighted by Crippen LogP contribution is -2.40. The van der Waals surface area contributed by atoms with Crippen LogP contribution in [0.25, 0.3) is 0 Å². The van der Waals surface area contributed by atoms with Crippen LogP contribution in [0.5, 0.6) is 0 Å². The molecule has 1 aromatic rings. The second kappa shape index (κ2) is 8.71. The minimum absolute atomic E-state index is 0.123. The zero-order valence-corrected chi connectivity index (χ0v) is 17.0. The van der Waals surface area contributed by atoms with Gasteiger partial charge < -0.3 is 9.64 Å². The molecule has 1 aliphatic rings. The Balaban J connectivity index is 2.01. The first-order valence-corrected chi connectivity index (χ1v) is 10.3. The second-order valence-electron chi connectivity index (χ2n) is 6.62. The number of nitrogens with zero attached hydrogens (tertiary/aromatic N) is 3. The standard InChI is InChI=1S/C18H27N3O5S/c1-5-26-18(23)15-10-12-21(13-11-15)17(22)14-6-8-16(9-7-14)20(4)27(24,25)19(2)3/h6-9,15H,5,10-13H2,1-4H3. The Morgan fingerprint density at radius 3 is 2.15 bits per heavy atom. The third kappa shape index (κ3) is 4.78. The fraction of sp³-hybridized carbons (Fsp3) is 0.556. The van der Waals surface area contributed by atoms with Gasteiger partial charge in [-0.25, -0.2) is 0 Å². The minimum Gasteiger partial charge on any atom is -0.466 e. The summed E-state index contributed by atoms with van der Waals surface area (Å²) in [5, 5.41) is 0. The first-order valence-electron chi connectivity index (χ1n) is 8.90. The van der Waals surface area contributed by atoms with E-state index in [-0.39, 0.29) is 17.8 Å². The zero-order valence-electron chi connectivity index (χ0n) is 16.2. The number of carbonyl (C=O) groups is 2. The van der Waals surface area contributed by atoms with Gasteiger partial charge in [-0.2, -0.15) is 12.7 Å². The van der Waals surface area contributed by atoms with Gasteiger partial charge in [-0.3, -0.25) is 13.9 Å². The van der Waals surface area contributed by atoms with Gasteiger partial charge in [-0.15, -0.1) is 0 Å². The molecule has 0 saturated carbocycles. The van der Waals surface area contributed by atoms with E-state index < -0.39 is 10.2 Å². The van der Waals surface area contributed by atoms with E-state index in [1.54, 1.807) is 36.1 Å². The molecule has 0 N–H and O–H groups in total. The van der Waals surface area contributed by atoms with Gasteiger partial charge in [0.2, 0.25) is 0 Å². The van der Waals surface area contributed by atoms with Crippen LogP contribution in [0.2, 0.25) is 0 Å². The molecule has 0 spiro atoms. The van der Waals surface area contributed by atoms with Crippen LogP contribution in [0.3, 0.4) is 0 Å². The quantitative estimate of drug-likeness (QED) is 0.676. The topological polar surface area (TPSA) is 87.2 Å². The number of hydrogen-bond donors (Lipinski definition) is 0. The molecule has 0 aliphatic carbocycles. The van der Waals surface area contributed by atoms with Crippen molar-refractivity contribution in [2.75, 3.05) is 45.1 Å². The molecule has 1 saturated heterocycles. The number of piperidine rings is 1. The van der Waals surface area contributed by atoms with Crippen molar-refractivity contribution in [1.29, 1.82) is 0 Å². The lowest BCUT2D eigenvalue weighted by atomic mass is 9.96. The number of esters is 1. The van der Waals surface area contributed by atoms with E-state index in [1.165, 1.54) is 21.1 Å². The Kier molecular flexibility index (Phi) is 6.83. The van der Waals surface area contributed by atoms with Gasteiger partial charge in [0, 0.05) is 39.8 Å². The highest BCUT2D eigenvalue weighted by atomic mass is 32.2. The van der Waals surface area contributed by atoms with E-state index in [1.807, 2.05) is 0 Å². The highest BCUT2D eigenvalue weighted by Crippen LogP contribution is 2.22. The number of benzene rings is 1. The van der Waals surface area contributed by atoms with Crippen LogP contribution >= 0.6 is 0 Å². The van der Waals surface area contributed by atoms with Crippen LogP contribution in [0.4, 0.5) is 5.69 Å². The van der Waals surface area contributed by atoms with Gasteiger partial charge in [0.1, 0.15) is 0 Å². The first-order chi connectivity index (χ1) is 12.7. The number of hydrogen-bond acceptors (Lipinski definition) is 5. The molecule has 1 amide bonds. The summed E-state index contributed by atoms with van der Waals surface area (Å²) in [6.07, 6.45) is 1.18. The van der Waals surface area contributed by atoms with Crippen molar-refractivity contribution in [2.24, 2.45) is 5.92 Å². The fourth-order valence-electron chi connectivity index (χ4n) is 2.95. The number of ether oxygens (including phenoxy) is 1. The van der Waals surface area contributed by atoms with Gasteiger partial charge in [-0.05, 0) is 44.0 Å². The molecular weight excluding hydrogens is 370 g/mol. The summed E-state index contributed by atoms with van der Waals surface area (Å²) in [5.74, 6) is -0.470. The minimum atomic E-state index is -3.58. The predicted octanol–water partition coefficient (Wildman–Crippen LogP) is 1.34. The van der Waals surface area contributed by atoms with Crippen LogP contribution in [0.1, 0.15) is 30.1 Å². The molecule has 150 valence electrons. The Hall–Kier alpha value is -2.13. The summed E-state index contributed by atoms with van der Waals surface area (Å²) < 4.78 is 31.7. The molecule has 8 nitrogen and oxygen atoms in total. The molecule has 1 heterocycles. The van der Waals surface area contributed by atoms with E-state index in [9.17, 15) is 18.0 Å². The second-order valence-corrected chi connectivity index (χ2v) is 8.80. The van der Waals surface area contributed by atoms with Crippen LogP contribution in [0, 0.1) is 5.92 Å². The van der Waals surface area contributed by atoms with E-state index in [0.29, 0.717) is 43.8 Å². The van der Waals surface area contributed by atoms with Crippen LogP contribution in [-0.2, 0) is 19.7 Å². The molecule has 27 heavy (non-hydrogen) atoms. The van der Waals surface area contributed by atoms with Gasteiger partial charge in [0.05, 0.1) is 18.2 Å². The average molecular weight is 397 g/mol. The predicted molar refractivity (Wildman–Crippen MR) is 103 cm³/mol. The van der Waals surface area contributed by atoms with Crippen LogP contribution in [-0.4, -0.2) is 70.3 Å². The molecule has 0 aromatic heterocycles. The van der Waals surface area contributed by atoms with Crippen molar-refractivity contribution in [3.63, 3.8) is 0 Å². The zero-order chi connectivity index (χ0) is 20.2. The molecule has 1 fully saturated rings. The van der Waals surface area contributed by atoms with Crippen LogP contribution in [0.15, 0.2) is 24.3 Å². The van der Waals surface area contributed by atoms with Gasteiger partial charge >= 0.3 is 16.2 Å². The van der Waals surface area contributed by atoms with E-state index >= 15 is 0 Å². The third-order valence-electron chi connectivity index (χ3n) is 4.69. The lowest BCUT2D eigenvalue weighted by molar-refractivity contribution is -0.149. The highest BCUT2D eigenvalue weighted by molar-refractivity contribution is 7.90. The third-order valence-corrected chi connectivity index (χ3v) is 6.51. The normalized spacial score (nSPS) is 15.7. The largest absolute Gasteiger partial charge is 0.466 e. The maximum absolute atomic E-state index is 12.7. The van der Waals surface area contributed by atoms with Crippen molar-refractivity contribution in [1.82, 2.24) is 9.21 Å². The number of amides is 1. The highest BCUT2D eigenvalue weighted by Gasteiger charge is 2.29. The lowest BCUT2D eigenvalue weighted by Gasteiger charge is -2.31. The summed E-state index contributed by atoms with van der Waals surface area (Å²) in [5.41, 5.74) is 0.963. The van der Waals surface area contributed by atoms with Crippen molar-refractivity contribution in [2.45, 2.75) is 19.8 Å². The van der Waals surface area contributed by atoms with Crippen molar-refractivity contribution in [3.05, 3.63) is 29.8 Å². The summed E-state index contributed by atoms with van der Waals surface area (Å²) in [6.45, 7) is 3.14. The molecule has 0 bridgehead atoms. The number of likely N-dealkylation sites (tertiary alicyclic amines) is 1. The summed E-state index contributed by atoms with van der Waals surface area (Å²) in [6, 6.07) is 6.47. The molecule has 2 rings (SSSR count). The molecule has 0 radical (unpaired) electrons. The van der Waals surface area contributed by atoms with Crippen LogP contribution < -0.4 is 4.31 Å². The van der Waals surface area contributed by atoms with Crippen molar-refractivity contribution in [3.8, 4) is 0 Å². The smallest absolute Gasteiger partial charge is 0.309 e. The van der Waals surface area contributed by atoms with Gasteiger partial charge in [0.25, 0.3) is 5.91 Å². The average Bonchev–Trinajstić information content (AvgIpc) is 2.67. The maximum Gasteiger partial charge on any atom is 0.309 e. The Morgan fingerprint density at radius 1 is 1.11 bits per heavy atom. The fourth-order valence-corrected chi connectivity index (χ4v) is 3.83. The van der Waals surface area contributed by atoms with E-state index in [2.05, 4.69) is 0 Å². The molecular formula is C18H27N3O5S. The SMILES string of the molecule is CCOC(=O)C1CCN(C(=O)c2ccc(N(C)S(=O)(=O)N(C)C)cc2)CC1. The number of carbonyl (C=O) groups excluding carboxylic acids is 2. The van der Waals surface area contributed by atoms with E-state index in [4.69, 9.17) is 4.74 Å². The first kappa shape index (κ1) is 21.2. The molecule has 0 unspecified atom stereocenters. The number of rotatable bonds is 6. The molecule has 1 aliphatic heterocycles. The summed E-state index contributed by atoms with van der Waals surface area (Å²) in [4.78, 5) is 26.2. The van der Waals surface area contributed by atoms with Gasteiger partial charge in [0.15, 0.2) is 0 Å². The Bertz CT molecular complexity index is 769. The summed E-state index contributed by atoms with van der Waals surface area (Å²) in [7, 11) is 0.813. The Labute approximate surface area is 160 Å². The molecule has 0 atom stereocenters. The molecule has 1 aromatic carbocycles. The maximum atomic E-state index is 12.7. The van der Waals surface area contributed by atoms with Gasteiger partial charge in [-0.1, -0.05) is 0 Å². The molecule has 9 heteroatoms. The van der Waals surface area contributed by atoms with E-state index in [0.717, 1.165) is 8.61 Å². The summed E-state index contributed by atoms with van der Waals surface area (Å²) >= 11 is 0. The Morgan fingerprint density at radius 2 is 1.67 bits per heavy atom.